The largest absolute Gasteiger partial charge is 0.388 e. The van der Waals surface area contributed by atoms with E-state index in [2.05, 4.69) is 10.0 Å². The van der Waals surface area contributed by atoms with Crippen molar-refractivity contribution in [2.45, 2.75) is 12.1 Å². The first kappa shape index (κ1) is 8.81. The molecule has 14 heavy (non-hydrogen) atoms. The molecule has 1 aromatic carbocycles. The minimum atomic E-state index is -0.730. The molecular weight excluding hydrogens is 178 g/mol. The van der Waals surface area contributed by atoms with Crippen molar-refractivity contribution in [3.8, 4) is 0 Å². The molecule has 4 heteroatoms. The second-order valence-corrected chi connectivity index (χ2v) is 3.13. The first-order valence-electron chi connectivity index (χ1n) is 4.32. The zero-order chi connectivity index (χ0) is 9.97. The Kier molecular flexibility index (Phi) is 2.23. The van der Waals surface area contributed by atoms with Crippen molar-refractivity contribution in [3.05, 3.63) is 51.9 Å². The molecule has 1 aromatic rings. The molecule has 0 amide bonds. The van der Waals surface area contributed by atoms with Crippen LogP contribution in [0.1, 0.15) is 17.2 Å². The number of aliphatic hydroxyl groups is 1. The lowest BCUT2D eigenvalue weighted by molar-refractivity contribution is 0.162. The standard InChI is InChI=1S/C10H9N3O/c11-13-12-9-6-5-7-3-1-2-4-8(7)10(9)14/h1-6,9-10,14H/t9-,10-/m0/s1. The van der Waals surface area contributed by atoms with E-state index in [1.165, 1.54) is 0 Å². The van der Waals surface area contributed by atoms with Crippen LogP contribution >= 0.6 is 0 Å². The van der Waals surface area contributed by atoms with Gasteiger partial charge in [-0.25, -0.2) is 0 Å². The van der Waals surface area contributed by atoms with Crippen LogP contribution in [0.15, 0.2) is 35.5 Å². The quantitative estimate of drug-likeness (QED) is 0.409. The van der Waals surface area contributed by atoms with E-state index in [0.717, 1.165) is 11.1 Å². The number of aliphatic hydroxyl groups excluding tert-OH is 1. The summed E-state index contributed by atoms with van der Waals surface area (Å²) in [6, 6.07) is 7.03. The SMILES string of the molecule is [N-]=[N+]=N[C@H]1C=Cc2ccccc2[C@@H]1O. The van der Waals surface area contributed by atoms with Crippen LogP contribution in [-0.2, 0) is 0 Å². The van der Waals surface area contributed by atoms with E-state index < -0.39 is 12.1 Å². The zero-order valence-electron chi connectivity index (χ0n) is 7.41. The second-order valence-electron chi connectivity index (χ2n) is 3.13. The highest BCUT2D eigenvalue weighted by Crippen LogP contribution is 2.29. The molecule has 0 saturated heterocycles. The first-order valence-corrected chi connectivity index (χ1v) is 4.32. The summed E-state index contributed by atoms with van der Waals surface area (Å²) < 4.78 is 0. The number of benzene rings is 1. The number of nitrogens with zero attached hydrogens (tertiary/aromatic N) is 3. The topological polar surface area (TPSA) is 69.0 Å². The van der Waals surface area contributed by atoms with Crippen LogP contribution in [0.5, 0.6) is 0 Å². The normalized spacial score (nSPS) is 23.8. The predicted octanol–water partition coefficient (Wildman–Crippen LogP) is 2.43. The Hall–Kier alpha value is -1.77. The lowest BCUT2D eigenvalue weighted by Gasteiger charge is -2.21. The van der Waals surface area contributed by atoms with E-state index in [1.807, 2.05) is 30.3 Å². The second kappa shape index (κ2) is 3.54. The highest BCUT2D eigenvalue weighted by molar-refractivity contribution is 5.58. The summed E-state index contributed by atoms with van der Waals surface area (Å²) in [7, 11) is 0. The van der Waals surface area contributed by atoms with Gasteiger partial charge in [-0.2, -0.15) is 0 Å². The third-order valence-corrected chi connectivity index (χ3v) is 2.30. The molecule has 0 saturated carbocycles. The molecule has 2 rings (SSSR count). The minimum absolute atomic E-state index is 0.491. The van der Waals surface area contributed by atoms with Crippen LogP contribution in [0.4, 0.5) is 0 Å². The molecule has 1 N–H and O–H groups in total. The van der Waals surface area contributed by atoms with E-state index in [1.54, 1.807) is 6.08 Å². The third kappa shape index (κ3) is 1.37. The van der Waals surface area contributed by atoms with Crippen molar-refractivity contribution in [1.82, 2.24) is 0 Å². The average Bonchev–Trinajstić information content (AvgIpc) is 2.23. The molecule has 4 nitrogen and oxygen atoms in total. The summed E-state index contributed by atoms with van der Waals surface area (Å²) in [6.07, 6.45) is 2.85. The van der Waals surface area contributed by atoms with Gasteiger partial charge in [0, 0.05) is 4.91 Å². The Balaban J connectivity index is 2.44. The van der Waals surface area contributed by atoms with Gasteiger partial charge in [0.05, 0.1) is 12.1 Å². The van der Waals surface area contributed by atoms with E-state index in [0.29, 0.717) is 0 Å². The maximum Gasteiger partial charge on any atom is 0.0915 e. The molecule has 0 heterocycles. The predicted molar refractivity (Wildman–Crippen MR) is 53.4 cm³/mol. The van der Waals surface area contributed by atoms with Crippen molar-refractivity contribution < 1.29 is 5.11 Å². The Labute approximate surface area is 81.1 Å². The van der Waals surface area contributed by atoms with Crippen LogP contribution < -0.4 is 0 Å². The number of fused-ring (bicyclic) bond motifs is 1. The summed E-state index contributed by atoms with van der Waals surface area (Å²) in [5.74, 6) is 0. The van der Waals surface area contributed by atoms with Gasteiger partial charge in [0.25, 0.3) is 0 Å². The fourth-order valence-electron chi connectivity index (χ4n) is 1.58. The van der Waals surface area contributed by atoms with Crippen molar-refractivity contribution in [1.29, 1.82) is 0 Å². The molecule has 70 valence electrons. The molecule has 0 aliphatic heterocycles. The average molecular weight is 187 g/mol. The fraction of sp³-hybridized carbons (Fsp3) is 0.200. The van der Waals surface area contributed by atoms with Gasteiger partial charge in [-0.05, 0) is 16.7 Å². The Morgan fingerprint density at radius 1 is 1.36 bits per heavy atom. The Morgan fingerprint density at radius 3 is 2.93 bits per heavy atom. The monoisotopic (exact) mass is 187 g/mol. The highest BCUT2D eigenvalue weighted by atomic mass is 16.3. The van der Waals surface area contributed by atoms with Crippen molar-refractivity contribution in [2.75, 3.05) is 0 Å². The number of hydrogen-bond donors (Lipinski definition) is 1. The van der Waals surface area contributed by atoms with Gasteiger partial charge in [-0.1, -0.05) is 41.5 Å². The summed E-state index contributed by atoms with van der Waals surface area (Å²) in [5, 5.41) is 13.3. The molecule has 1 aliphatic rings. The maximum absolute atomic E-state index is 9.84. The van der Waals surface area contributed by atoms with Crippen molar-refractivity contribution in [3.63, 3.8) is 0 Å². The summed E-state index contributed by atoms with van der Waals surface area (Å²) >= 11 is 0. The van der Waals surface area contributed by atoms with Gasteiger partial charge in [-0.3, -0.25) is 0 Å². The molecule has 2 atom stereocenters. The molecule has 1 aliphatic carbocycles. The molecule has 0 spiro atoms. The third-order valence-electron chi connectivity index (χ3n) is 2.30. The van der Waals surface area contributed by atoms with Crippen LogP contribution in [-0.4, -0.2) is 11.1 Å². The number of hydrogen-bond acceptors (Lipinski definition) is 2. The van der Waals surface area contributed by atoms with Crippen LogP contribution in [0, 0.1) is 0 Å². The summed E-state index contributed by atoms with van der Waals surface area (Å²) in [5.41, 5.74) is 10.1. The van der Waals surface area contributed by atoms with E-state index in [-0.39, 0.29) is 0 Å². The molecular formula is C10H9N3O. The molecule has 0 unspecified atom stereocenters. The molecule has 0 aromatic heterocycles. The highest BCUT2D eigenvalue weighted by Gasteiger charge is 2.22. The zero-order valence-corrected chi connectivity index (χ0v) is 7.41. The lowest BCUT2D eigenvalue weighted by Crippen LogP contribution is -2.17. The first-order chi connectivity index (χ1) is 6.83. The number of rotatable bonds is 1. The van der Waals surface area contributed by atoms with Crippen LogP contribution in [0.25, 0.3) is 16.5 Å². The van der Waals surface area contributed by atoms with Crippen LogP contribution in [0.2, 0.25) is 0 Å². The van der Waals surface area contributed by atoms with E-state index >= 15 is 0 Å². The molecule has 0 fully saturated rings. The van der Waals surface area contributed by atoms with Gasteiger partial charge in [0.1, 0.15) is 0 Å². The lowest BCUT2D eigenvalue weighted by atomic mass is 9.92. The van der Waals surface area contributed by atoms with Crippen molar-refractivity contribution >= 4 is 6.08 Å². The molecule has 0 radical (unpaired) electrons. The fourth-order valence-corrected chi connectivity index (χ4v) is 1.58. The van der Waals surface area contributed by atoms with Gasteiger partial charge >= 0.3 is 0 Å². The smallest absolute Gasteiger partial charge is 0.0915 e. The Bertz CT molecular complexity index is 421. The van der Waals surface area contributed by atoms with E-state index in [4.69, 9.17) is 5.53 Å². The van der Waals surface area contributed by atoms with Gasteiger partial charge in [-0.15, -0.1) is 0 Å². The maximum atomic E-state index is 9.84. The summed E-state index contributed by atoms with van der Waals surface area (Å²) in [4.78, 5) is 2.70. The van der Waals surface area contributed by atoms with Gasteiger partial charge in [0.2, 0.25) is 0 Å². The van der Waals surface area contributed by atoms with Crippen molar-refractivity contribution in [2.24, 2.45) is 5.11 Å². The molecule has 0 bridgehead atoms. The Morgan fingerprint density at radius 2 is 2.14 bits per heavy atom. The minimum Gasteiger partial charge on any atom is -0.388 e. The number of azide groups is 1. The van der Waals surface area contributed by atoms with E-state index in [9.17, 15) is 5.11 Å². The van der Waals surface area contributed by atoms with Crippen LogP contribution in [0.3, 0.4) is 0 Å². The van der Waals surface area contributed by atoms with Gasteiger partial charge in [0.15, 0.2) is 0 Å². The summed E-state index contributed by atoms with van der Waals surface area (Å²) in [6.45, 7) is 0. The van der Waals surface area contributed by atoms with Gasteiger partial charge < -0.3 is 5.11 Å².